The van der Waals surface area contributed by atoms with E-state index in [2.05, 4.69) is 32.6 Å². The van der Waals surface area contributed by atoms with E-state index in [1.165, 1.54) is 5.56 Å². The highest BCUT2D eigenvalue weighted by atomic mass is 16.2. The molecule has 2 aromatic heterocycles. The van der Waals surface area contributed by atoms with Crippen LogP contribution < -0.4 is 5.43 Å². The molecule has 1 aromatic carbocycles. The number of fused-ring (bicyclic) bond motifs is 1. The van der Waals surface area contributed by atoms with Crippen LogP contribution in [0.1, 0.15) is 17.5 Å². The highest BCUT2D eigenvalue weighted by molar-refractivity contribution is 6.27. The molecule has 0 unspecified atom stereocenters. The first-order valence-corrected chi connectivity index (χ1v) is 7.86. The third kappa shape index (κ3) is 2.72. The molecule has 0 bridgehead atoms. The normalized spacial score (nSPS) is 15.8. The lowest BCUT2D eigenvalue weighted by Gasteiger charge is -2.02. The van der Waals surface area contributed by atoms with Gasteiger partial charge in [0.2, 0.25) is 0 Å². The summed E-state index contributed by atoms with van der Waals surface area (Å²) in [6, 6.07) is 14.1. The Morgan fingerprint density at radius 1 is 1.04 bits per heavy atom. The number of H-pyrrole nitrogens is 1. The van der Waals surface area contributed by atoms with Crippen molar-refractivity contribution in [1.82, 2.24) is 15.4 Å². The fraction of sp³-hybridized carbons (Fsp3) is 0.105. The van der Waals surface area contributed by atoms with Gasteiger partial charge in [0, 0.05) is 23.3 Å². The van der Waals surface area contributed by atoms with Crippen LogP contribution in [0.5, 0.6) is 0 Å². The van der Waals surface area contributed by atoms with Crippen LogP contribution in [0.15, 0.2) is 65.5 Å². The lowest BCUT2D eigenvalue weighted by atomic mass is 10.0. The minimum Gasteiger partial charge on any atom is -0.346 e. The summed E-state index contributed by atoms with van der Waals surface area (Å²) in [5, 5.41) is 5.19. The molecule has 1 aliphatic rings. The van der Waals surface area contributed by atoms with E-state index in [4.69, 9.17) is 0 Å². The van der Waals surface area contributed by atoms with Gasteiger partial charge in [-0.3, -0.25) is 4.79 Å². The maximum Gasteiger partial charge on any atom is 0.273 e. The molecular formula is C19H16N4O. The topological polar surface area (TPSA) is 70.1 Å². The quantitative estimate of drug-likeness (QED) is 0.726. The van der Waals surface area contributed by atoms with E-state index in [-0.39, 0.29) is 5.91 Å². The van der Waals surface area contributed by atoms with Crippen molar-refractivity contribution in [3.05, 3.63) is 71.6 Å². The van der Waals surface area contributed by atoms with Crippen molar-refractivity contribution < 1.29 is 4.79 Å². The number of nitrogens with zero attached hydrogens (tertiary/aromatic N) is 2. The Balaban J connectivity index is 1.60. The fourth-order valence-corrected chi connectivity index (χ4v) is 2.87. The van der Waals surface area contributed by atoms with E-state index in [1.54, 1.807) is 6.20 Å². The highest BCUT2D eigenvalue weighted by Crippen LogP contribution is 2.21. The second-order valence-corrected chi connectivity index (χ2v) is 5.69. The Bertz CT molecular complexity index is 954. The summed E-state index contributed by atoms with van der Waals surface area (Å²) >= 11 is 0. The van der Waals surface area contributed by atoms with Gasteiger partial charge in [-0.2, -0.15) is 5.10 Å². The molecule has 3 aromatic rings. The molecule has 24 heavy (non-hydrogen) atoms. The lowest BCUT2D eigenvalue weighted by molar-refractivity contribution is -0.116. The monoisotopic (exact) mass is 316 g/mol. The van der Waals surface area contributed by atoms with Gasteiger partial charge < -0.3 is 4.98 Å². The molecule has 0 spiro atoms. The largest absolute Gasteiger partial charge is 0.346 e. The van der Waals surface area contributed by atoms with Crippen LogP contribution in [0.25, 0.3) is 17.1 Å². The number of aromatic amines is 1. The molecule has 0 atom stereocenters. The van der Waals surface area contributed by atoms with Crippen LogP contribution in [0.2, 0.25) is 0 Å². The maximum atomic E-state index is 12.1. The number of pyridine rings is 1. The number of carbonyl (C=O) groups is 1. The molecule has 4 rings (SSSR count). The number of hydrogen-bond acceptors (Lipinski definition) is 3. The number of rotatable bonds is 4. The van der Waals surface area contributed by atoms with Crippen molar-refractivity contribution >= 4 is 28.7 Å². The molecule has 0 fully saturated rings. The highest BCUT2D eigenvalue weighted by Gasteiger charge is 2.22. The zero-order valence-electron chi connectivity index (χ0n) is 13.0. The Morgan fingerprint density at radius 3 is 2.79 bits per heavy atom. The molecular weight excluding hydrogens is 300 g/mol. The predicted molar refractivity (Wildman–Crippen MR) is 94.4 cm³/mol. The number of nitrogens with one attached hydrogen (secondary N) is 2. The van der Waals surface area contributed by atoms with Gasteiger partial charge in [-0.1, -0.05) is 30.3 Å². The molecule has 1 aliphatic heterocycles. The second kappa shape index (κ2) is 6.12. The van der Waals surface area contributed by atoms with Crippen LogP contribution in [0, 0.1) is 0 Å². The van der Waals surface area contributed by atoms with Gasteiger partial charge in [0.1, 0.15) is 5.65 Å². The van der Waals surface area contributed by atoms with Crippen molar-refractivity contribution in [3.63, 3.8) is 0 Å². The summed E-state index contributed by atoms with van der Waals surface area (Å²) < 4.78 is 0. The zero-order chi connectivity index (χ0) is 16.4. The van der Waals surface area contributed by atoms with Crippen molar-refractivity contribution in [2.45, 2.75) is 12.8 Å². The van der Waals surface area contributed by atoms with Gasteiger partial charge in [-0.25, -0.2) is 10.4 Å². The summed E-state index contributed by atoms with van der Waals surface area (Å²) in [5.74, 6) is -0.156. The van der Waals surface area contributed by atoms with Gasteiger partial charge in [0.05, 0.1) is 11.3 Å². The lowest BCUT2D eigenvalue weighted by Crippen LogP contribution is -2.13. The summed E-state index contributed by atoms with van der Waals surface area (Å²) in [6.07, 6.45) is 7.05. The first kappa shape index (κ1) is 14.4. The standard InChI is InChI=1S/C19H16N4O/c24-19-16(11-14-12-21-18-15(14)7-4-10-20-18)17(22-23-19)9-8-13-5-2-1-3-6-13/h1-7,10-12H,8-9H2,(H,20,21)(H,23,24). The molecule has 0 saturated carbocycles. The summed E-state index contributed by atoms with van der Waals surface area (Å²) in [5.41, 5.74) is 6.97. The molecule has 0 saturated heterocycles. The van der Waals surface area contributed by atoms with E-state index in [1.807, 2.05) is 42.6 Å². The molecule has 0 aliphatic carbocycles. The number of amides is 1. The van der Waals surface area contributed by atoms with E-state index in [0.29, 0.717) is 5.57 Å². The Hall–Kier alpha value is -3.21. The minimum absolute atomic E-state index is 0.156. The number of hydrogen-bond donors (Lipinski definition) is 2. The Labute approximate surface area is 139 Å². The molecule has 3 heterocycles. The van der Waals surface area contributed by atoms with Gasteiger partial charge in [0.25, 0.3) is 5.91 Å². The molecule has 0 radical (unpaired) electrons. The number of hydrazone groups is 1. The molecule has 5 nitrogen and oxygen atoms in total. The third-order valence-electron chi connectivity index (χ3n) is 4.12. The van der Waals surface area contributed by atoms with Gasteiger partial charge in [-0.05, 0) is 36.6 Å². The maximum absolute atomic E-state index is 12.1. The molecule has 1 amide bonds. The van der Waals surface area contributed by atoms with E-state index >= 15 is 0 Å². The zero-order valence-corrected chi connectivity index (χ0v) is 13.0. The van der Waals surface area contributed by atoms with Gasteiger partial charge in [0.15, 0.2) is 0 Å². The smallest absolute Gasteiger partial charge is 0.273 e. The number of aryl methyl sites for hydroxylation is 1. The first-order chi connectivity index (χ1) is 11.8. The van der Waals surface area contributed by atoms with Crippen LogP contribution in [-0.2, 0) is 11.2 Å². The molecule has 118 valence electrons. The van der Waals surface area contributed by atoms with E-state index in [9.17, 15) is 4.79 Å². The van der Waals surface area contributed by atoms with E-state index < -0.39 is 0 Å². The first-order valence-electron chi connectivity index (χ1n) is 7.86. The number of aromatic nitrogens is 2. The second-order valence-electron chi connectivity index (χ2n) is 5.69. The van der Waals surface area contributed by atoms with Crippen molar-refractivity contribution in [2.75, 3.05) is 0 Å². The molecule has 2 N–H and O–H groups in total. The summed E-state index contributed by atoms with van der Waals surface area (Å²) in [4.78, 5) is 19.5. The van der Waals surface area contributed by atoms with Crippen molar-refractivity contribution in [2.24, 2.45) is 5.10 Å². The van der Waals surface area contributed by atoms with Crippen LogP contribution in [0.3, 0.4) is 0 Å². The minimum atomic E-state index is -0.156. The average molecular weight is 316 g/mol. The molecule has 5 heteroatoms. The van der Waals surface area contributed by atoms with Gasteiger partial charge in [-0.15, -0.1) is 0 Å². The number of carbonyl (C=O) groups excluding carboxylic acids is 1. The van der Waals surface area contributed by atoms with E-state index in [0.717, 1.165) is 35.2 Å². The van der Waals surface area contributed by atoms with Gasteiger partial charge >= 0.3 is 0 Å². The Kier molecular flexibility index (Phi) is 3.67. The third-order valence-corrected chi connectivity index (χ3v) is 4.12. The van der Waals surface area contributed by atoms with Crippen molar-refractivity contribution in [1.29, 1.82) is 0 Å². The van der Waals surface area contributed by atoms with Crippen LogP contribution >= 0.6 is 0 Å². The Morgan fingerprint density at radius 2 is 1.92 bits per heavy atom. The SMILES string of the molecule is O=C1NN=C(CCc2ccccc2)C1=Cc1c[nH]c2ncccc12. The van der Waals surface area contributed by atoms with Crippen molar-refractivity contribution in [3.8, 4) is 0 Å². The van der Waals surface area contributed by atoms with Crippen LogP contribution in [0.4, 0.5) is 0 Å². The average Bonchev–Trinajstić information content (AvgIpc) is 3.19. The summed E-state index contributed by atoms with van der Waals surface area (Å²) in [7, 11) is 0. The predicted octanol–water partition coefficient (Wildman–Crippen LogP) is 3.06. The summed E-state index contributed by atoms with van der Waals surface area (Å²) in [6.45, 7) is 0. The fourth-order valence-electron chi connectivity index (χ4n) is 2.87. The van der Waals surface area contributed by atoms with Crippen LogP contribution in [-0.4, -0.2) is 21.6 Å². The number of benzene rings is 1.